The number of hydrogen-bond acceptors (Lipinski definition) is 6. The number of nitrogens with zero attached hydrogens (tertiary/aromatic N) is 3. The van der Waals surface area contributed by atoms with Crippen molar-refractivity contribution < 1.29 is 18.9 Å². The molecule has 2 N–H and O–H groups in total. The molecule has 9 heteroatoms. The first-order valence-electron chi connectivity index (χ1n) is 12.3. The molecular formula is C27H31N5O4. The molecule has 1 aromatic carbocycles. The fraction of sp³-hybridized carbons (Fsp3) is 0.370. The number of carbonyl (C=O) groups is 3. The standard InChI is InChI=1S/C27H31N5O4/c1-19-17-23(31-36-19)30-24(33)11-12-25(34)32(18-20-7-3-2-4-8-20)26(21-13-15-28-16-14-21)27(35)29-22-9-5-6-10-22/h2-4,7-8,13-17,22,26H,5-6,9-12,18H2,1H3,(H,29,35)(H,30,31,33)/t26-/m0/s1. The average molecular weight is 490 g/mol. The van der Waals surface area contributed by atoms with Crippen LogP contribution in [0.1, 0.15) is 61.5 Å². The van der Waals surface area contributed by atoms with Crippen LogP contribution in [0.2, 0.25) is 0 Å². The van der Waals surface area contributed by atoms with Crippen LogP contribution in [0.4, 0.5) is 5.82 Å². The maximum atomic E-state index is 13.6. The summed E-state index contributed by atoms with van der Waals surface area (Å²) in [6.07, 6.45) is 7.15. The molecule has 4 rings (SSSR count). The van der Waals surface area contributed by atoms with E-state index in [0.29, 0.717) is 17.1 Å². The van der Waals surface area contributed by atoms with Crippen molar-refractivity contribution in [2.75, 3.05) is 5.32 Å². The van der Waals surface area contributed by atoms with Crippen molar-refractivity contribution >= 4 is 23.5 Å². The van der Waals surface area contributed by atoms with Crippen molar-refractivity contribution in [2.45, 2.75) is 64.1 Å². The number of hydrogen-bond donors (Lipinski definition) is 2. The molecule has 1 fully saturated rings. The molecule has 0 bridgehead atoms. The predicted molar refractivity (Wildman–Crippen MR) is 133 cm³/mol. The summed E-state index contributed by atoms with van der Waals surface area (Å²) in [5.74, 6) is 0.00128. The maximum absolute atomic E-state index is 13.6. The fourth-order valence-corrected chi connectivity index (χ4v) is 4.47. The van der Waals surface area contributed by atoms with Gasteiger partial charge < -0.3 is 20.1 Å². The van der Waals surface area contributed by atoms with Crippen molar-refractivity contribution in [1.29, 1.82) is 0 Å². The van der Waals surface area contributed by atoms with E-state index in [1.165, 1.54) is 0 Å². The number of aromatic nitrogens is 2. The van der Waals surface area contributed by atoms with Crippen molar-refractivity contribution in [2.24, 2.45) is 0 Å². The van der Waals surface area contributed by atoms with Gasteiger partial charge in [-0.25, -0.2) is 0 Å². The number of aryl methyl sites for hydroxylation is 1. The van der Waals surface area contributed by atoms with Crippen LogP contribution in [0.3, 0.4) is 0 Å². The second-order valence-electron chi connectivity index (χ2n) is 9.05. The summed E-state index contributed by atoms with van der Waals surface area (Å²) in [4.78, 5) is 45.3. The number of amides is 3. The van der Waals surface area contributed by atoms with E-state index < -0.39 is 6.04 Å². The summed E-state index contributed by atoms with van der Waals surface area (Å²) >= 11 is 0. The highest BCUT2D eigenvalue weighted by atomic mass is 16.5. The van der Waals surface area contributed by atoms with Gasteiger partial charge >= 0.3 is 0 Å². The van der Waals surface area contributed by atoms with Crippen LogP contribution in [-0.2, 0) is 20.9 Å². The van der Waals surface area contributed by atoms with Gasteiger partial charge in [-0.15, -0.1) is 0 Å². The molecule has 3 amide bonds. The van der Waals surface area contributed by atoms with Crippen LogP contribution < -0.4 is 10.6 Å². The normalized spacial score (nSPS) is 14.2. The average Bonchev–Trinajstić information content (AvgIpc) is 3.55. The lowest BCUT2D eigenvalue weighted by molar-refractivity contribution is -0.142. The number of nitrogens with one attached hydrogen (secondary N) is 2. The lowest BCUT2D eigenvalue weighted by atomic mass is 10.0. The molecule has 188 valence electrons. The summed E-state index contributed by atoms with van der Waals surface area (Å²) in [5.41, 5.74) is 1.56. The van der Waals surface area contributed by atoms with E-state index in [0.717, 1.165) is 31.2 Å². The molecule has 1 saturated carbocycles. The summed E-state index contributed by atoms with van der Waals surface area (Å²) in [6, 6.07) is 13.9. The third-order valence-corrected chi connectivity index (χ3v) is 6.26. The van der Waals surface area contributed by atoms with Crippen LogP contribution in [-0.4, -0.2) is 38.8 Å². The first-order valence-corrected chi connectivity index (χ1v) is 12.3. The molecule has 2 aromatic heterocycles. The lowest BCUT2D eigenvalue weighted by Crippen LogP contribution is -2.46. The second-order valence-corrected chi connectivity index (χ2v) is 9.05. The van der Waals surface area contributed by atoms with Gasteiger partial charge in [0.05, 0.1) is 0 Å². The van der Waals surface area contributed by atoms with Crippen LogP contribution in [0.25, 0.3) is 0 Å². The smallest absolute Gasteiger partial charge is 0.247 e. The topological polar surface area (TPSA) is 117 Å². The minimum atomic E-state index is -0.845. The van der Waals surface area contributed by atoms with E-state index in [9.17, 15) is 14.4 Å². The Morgan fingerprint density at radius 1 is 1.06 bits per heavy atom. The highest BCUT2D eigenvalue weighted by Gasteiger charge is 2.33. The van der Waals surface area contributed by atoms with Gasteiger partial charge in [0.2, 0.25) is 17.7 Å². The largest absolute Gasteiger partial charge is 0.360 e. The minimum Gasteiger partial charge on any atom is -0.360 e. The number of benzene rings is 1. The van der Waals surface area contributed by atoms with Crippen LogP contribution in [0, 0.1) is 6.92 Å². The Bertz CT molecular complexity index is 1160. The van der Waals surface area contributed by atoms with E-state index in [1.54, 1.807) is 42.4 Å². The molecule has 1 atom stereocenters. The fourth-order valence-electron chi connectivity index (χ4n) is 4.47. The quantitative estimate of drug-likeness (QED) is 0.446. The molecule has 36 heavy (non-hydrogen) atoms. The van der Waals surface area contributed by atoms with Gasteiger partial charge in [-0.05, 0) is 43.0 Å². The van der Waals surface area contributed by atoms with Crippen molar-refractivity contribution in [1.82, 2.24) is 20.4 Å². The SMILES string of the molecule is Cc1cc(NC(=O)CCC(=O)N(Cc2ccccc2)[C@H](C(=O)NC2CCCC2)c2ccncc2)no1. The first-order chi connectivity index (χ1) is 17.5. The van der Waals surface area contributed by atoms with Gasteiger partial charge in [-0.3, -0.25) is 19.4 Å². The number of carbonyl (C=O) groups excluding carboxylic acids is 3. The van der Waals surface area contributed by atoms with Gasteiger partial charge in [0.15, 0.2) is 5.82 Å². The summed E-state index contributed by atoms with van der Waals surface area (Å²) in [6.45, 7) is 1.96. The van der Waals surface area contributed by atoms with E-state index in [4.69, 9.17) is 4.52 Å². The molecule has 0 unspecified atom stereocenters. The van der Waals surface area contributed by atoms with E-state index in [2.05, 4.69) is 20.8 Å². The van der Waals surface area contributed by atoms with E-state index >= 15 is 0 Å². The molecule has 2 heterocycles. The monoisotopic (exact) mass is 489 g/mol. The van der Waals surface area contributed by atoms with Crippen molar-refractivity contribution in [3.05, 3.63) is 77.8 Å². The van der Waals surface area contributed by atoms with Gasteiger partial charge in [0, 0.05) is 43.9 Å². The van der Waals surface area contributed by atoms with Gasteiger partial charge in [-0.2, -0.15) is 0 Å². The predicted octanol–water partition coefficient (Wildman–Crippen LogP) is 3.93. The van der Waals surface area contributed by atoms with Crippen molar-refractivity contribution in [3.8, 4) is 0 Å². The Kier molecular flexibility index (Phi) is 8.44. The summed E-state index contributed by atoms with van der Waals surface area (Å²) < 4.78 is 4.97. The van der Waals surface area contributed by atoms with Gasteiger partial charge in [0.25, 0.3) is 0 Å². The maximum Gasteiger partial charge on any atom is 0.247 e. The zero-order valence-electron chi connectivity index (χ0n) is 20.4. The molecule has 3 aromatic rings. The van der Waals surface area contributed by atoms with E-state index in [1.807, 2.05) is 30.3 Å². The molecule has 9 nitrogen and oxygen atoms in total. The minimum absolute atomic E-state index is 0.0522. The van der Waals surface area contributed by atoms with Gasteiger partial charge in [0.1, 0.15) is 11.8 Å². The molecule has 0 radical (unpaired) electrons. The van der Waals surface area contributed by atoms with Crippen LogP contribution in [0.5, 0.6) is 0 Å². The van der Waals surface area contributed by atoms with Crippen LogP contribution in [0.15, 0.2) is 65.4 Å². The zero-order valence-corrected chi connectivity index (χ0v) is 20.4. The molecule has 1 aliphatic rings. The number of pyridine rings is 1. The highest BCUT2D eigenvalue weighted by molar-refractivity contribution is 5.94. The Hall–Kier alpha value is -4.01. The van der Waals surface area contributed by atoms with Crippen LogP contribution >= 0.6 is 0 Å². The lowest BCUT2D eigenvalue weighted by Gasteiger charge is -2.32. The number of anilines is 1. The van der Waals surface area contributed by atoms with E-state index in [-0.39, 0.29) is 43.1 Å². The molecular weight excluding hydrogens is 458 g/mol. The first kappa shape index (κ1) is 25.1. The second kappa shape index (κ2) is 12.1. The Balaban J connectivity index is 1.55. The highest BCUT2D eigenvalue weighted by Crippen LogP contribution is 2.26. The molecule has 0 spiro atoms. The summed E-state index contributed by atoms with van der Waals surface area (Å²) in [5, 5.41) is 9.54. The molecule has 0 saturated heterocycles. The third-order valence-electron chi connectivity index (χ3n) is 6.26. The Labute approximate surface area is 210 Å². The zero-order chi connectivity index (χ0) is 25.3. The van der Waals surface area contributed by atoms with Crippen molar-refractivity contribution in [3.63, 3.8) is 0 Å². The van der Waals surface area contributed by atoms with Gasteiger partial charge in [-0.1, -0.05) is 48.3 Å². The number of rotatable bonds is 10. The molecule has 0 aliphatic heterocycles. The Morgan fingerprint density at radius 3 is 2.44 bits per heavy atom. The Morgan fingerprint density at radius 2 is 1.78 bits per heavy atom. The molecule has 1 aliphatic carbocycles. The third kappa shape index (κ3) is 6.78. The summed E-state index contributed by atoms with van der Waals surface area (Å²) in [7, 11) is 0.